The summed E-state index contributed by atoms with van der Waals surface area (Å²) in [5.74, 6) is 1.63. The van der Waals surface area contributed by atoms with Crippen LogP contribution in [0.5, 0.6) is 0 Å². The SMILES string of the molecule is c1ccc(-c2nc(-c3cccc(-c4cccc(-n5c6ccccc6c6ccccc65)c4)c3)nc(-c3cc4oc5ccccc5c4cn3)n2)cc1. The Balaban J connectivity index is 1.10. The van der Waals surface area contributed by atoms with Gasteiger partial charge in [0, 0.05) is 50.6 Å². The number of rotatable bonds is 5. The van der Waals surface area contributed by atoms with Crippen LogP contribution in [0.4, 0.5) is 0 Å². The van der Waals surface area contributed by atoms with Crippen molar-refractivity contribution in [2.24, 2.45) is 0 Å². The molecule has 4 aromatic heterocycles. The lowest BCUT2D eigenvalue weighted by atomic mass is 10.0. The number of nitrogens with zero attached hydrogens (tertiary/aromatic N) is 5. The molecule has 0 saturated carbocycles. The van der Waals surface area contributed by atoms with Crippen LogP contribution in [0, 0.1) is 0 Å². The van der Waals surface area contributed by atoms with Crippen LogP contribution >= 0.6 is 0 Å². The molecule has 50 heavy (non-hydrogen) atoms. The fourth-order valence-electron chi connectivity index (χ4n) is 6.94. The molecular weight excluding hydrogens is 615 g/mol. The maximum Gasteiger partial charge on any atom is 0.182 e. The van der Waals surface area contributed by atoms with Crippen LogP contribution < -0.4 is 0 Å². The molecular formula is C44H27N5O. The highest BCUT2D eigenvalue weighted by Gasteiger charge is 2.17. The summed E-state index contributed by atoms with van der Waals surface area (Å²) in [5.41, 5.74) is 9.59. The molecule has 0 atom stereocenters. The lowest BCUT2D eigenvalue weighted by Crippen LogP contribution is -2.01. The standard InChI is InChI=1S/C44H27N5O/c1-2-12-28(13-3-1)42-46-43(48-44(47-42)37-26-41-36(27-45-37)35-20-6-9-23-40(35)50-41)31-16-10-14-29(24-31)30-15-11-17-32(25-30)49-38-21-7-4-18-33(38)34-19-5-8-22-39(34)49/h1-27H. The quantitative estimate of drug-likeness (QED) is 0.187. The van der Waals surface area contributed by atoms with Gasteiger partial charge >= 0.3 is 0 Å². The maximum atomic E-state index is 6.18. The van der Waals surface area contributed by atoms with Crippen molar-refractivity contribution in [2.75, 3.05) is 0 Å². The first kappa shape index (κ1) is 28.1. The first-order chi connectivity index (χ1) is 24.8. The molecule has 0 spiro atoms. The van der Waals surface area contributed by atoms with Crippen LogP contribution in [0.3, 0.4) is 0 Å². The lowest BCUT2D eigenvalue weighted by Gasteiger charge is -2.12. The summed E-state index contributed by atoms with van der Waals surface area (Å²) in [5, 5.41) is 4.47. The molecule has 6 nitrogen and oxygen atoms in total. The molecule has 0 saturated heterocycles. The van der Waals surface area contributed by atoms with Crippen molar-refractivity contribution in [1.29, 1.82) is 0 Å². The van der Waals surface area contributed by atoms with Gasteiger partial charge in [-0.15, -0.1) is 0 Å². The normalized spacial score (nSPS) is 11.6. The van der Waals surface area contributed by atoms with Crippen LogP contribution in [0.15, 0.2) is 168 Å². The minimum absolute atomic E-state index is 0.481. The first-order valence-electron chi connectivity index (χ1n) is 16.6. The zero-order valence-electron chi connectivity index (χ0n) is 26.7. The van der Waals surface area contributed by atoms with Crippen LogP contribution in [0.1, 0.15) is 0 Å². The van der Waals surface area contributed by atoms with Gasteiger partial charge < -0.3 is 8.98 Å². The van der Waals surface area contributed by atoms with E-state index in [0.717, 1.165) is 49.9 Å². The molecule has 6 aromatic carbocycles. The van der Waals surface area contributed by atoms with E-state index < -0.39 is 0 Å². The molecule has 0 amide bonds. The molecule has 10 aromatic rings. The van der Waals surface area contributed by atoms with E-state index in [0.29, 0.717) is 23.2 Å². The molecule has 0 aliphatic heterocycles. The van der Waals surface area contributed by atoms with Gasteiger partial charge in [-0.05, 0) is 47.5 Å². The number of fused-ring (bicyclic) bond motifs is 6. The number of aromatic nitrogens is 5. The molecule has 234 valence electrons. The fourth-order valence-corrected chi connectivity index (χ4v) is 6.94. The highest BCUT2D eigenvalue weighted by molar-refractivity contribution is 6.09. The minimum Gasteiger partial charge on any atom is -0.456 e. The molecule has 0 N–H and O–H groups in total. The summed E-state index contributed by atoms with van der Waals surface area (Å²) < 4.78 is 8.52. The van der Waals surface area contributed by atoms with Crippen molar-refractivity contribution in [3.8, 4) is 51.1 Å². The minimum atomic E-state index is 0.481. The van der Waals surface area contributed by atoms with Crippen molar-refractivity contribution < 1.29 is 4.42 Å². The van der Waals surface area contributed by atoms with Crippen LogP contribution in [-0.2, 0) is 0 Å². The van der Waals surface area contributed by atoms with Crippen LogP contribution in [0.2, 0.25) is 0 Å². The van der Waals surface area contributed by atoms with E-state index in [9.17, 15) is 0 Å². The molecule has 10 rings (SSSR count). The predicted octanol–water partition coefficient (Wildman–Crippen LogP) is 10.9. The van der Waals surface area contributed by atoms with E-state index in [1.54, 1.807) is 0 Å². The largest absolute Gasteiger partial charge is 0.456 e. The summed E-state index contributed by atoms with van der Waals surface area (Å²) in [7, 11) is 0. The van der Waals surface area contributed by atoms with Gasteiger partial charge in [-0.1, -0.05) is 115 Å². The summed E-state index contributed by atoms with van der Waals surface area (Å²) >= 11 is 0. The van der Waals surface area contributed by atoms with Gasteiger partial charge in [-0.2, -0.15) is 0 Å². The number of benzene rings is 6. The third-order valence-corrected chi connectivity index (χ3v) is 9.30. The predicted molar refractivity (Wildman–Crippen MR) is 201 cm³/mol. The highest BCUT2D eigenvalue weighted by Crippen LogP contribution is 2.35. The van der Waals surface area contributed by atoms with Gasteiger partial charge in [0.1, 0.15) is 16.9 Å². The molecule has 0 fully saturated rings. The Morgan fingerprint density at radius 3 is 1.76 bits per heavy atom. The number of furan rings is 1. The summed E-state index contributed by atoms with van der Waals surface area (Å²) in [6, 6.07) is 54.1. The highest BCUT2D eigenvalue weighted by atomic mass is 16.3. The van der Waals surface area contributed by atoms with Crippen LogP contribution in [0.25, 0.3) is 94.9 Å². The first-order valence-corrected chi connectivity index (χ1v) is 16.6. The zero-order chi connectivity index (χ0) is 33.0. The van der Waals surface area contributed by atoms with Gasteiger partial charge in [0.25, 0.3) is 0 Å². The fraction of sp³-hybridized carbons (Fsp3) is 0. The van der Waals surface area contributed by atoms with E-state index in [1.165, 1.54) is 21.8 Å². The Labute approximate surface area is 287 Å². The third-order valence-electron chi connectivity index (χ3n) is 9.30. The Kier molecular flexibility index (Phi) is 6.39. The molecule has 0 aliphatic carbocycles. The van der Waals surface area contributed by atoms with Crippen LogP contribution in [-0.4, -0.2) is 24.5 Å². The topological polar surface area (TPSA) is 69.6 Å². The number of hydrogen-bond acceptors (Lipinski definition) is 5. The summed E-state index contributed by atoms with van der Waals surface area (Å²) in [6.45, 7) is 0. The van der Waals surface area contributed by atoms with Gasteiger partial charge in [0.05, 0.1) is 11.0 Å². The van der Waals surface area contributed by atoms with Crippen molar-refractivity contribution in [2.45, 2.75) is 0 Å². The number of pyridine rings is 1. The van der Waals surface area contributed by atoms with Crippen molar-refractivity contribution >= 4 is 43.7 Å². The Morgan fingerprint density at radius 1 is 0.400 bits per heavy atom. The monoisotopic (exact) mass is 641 g/mol. The Bertz CT molecular complexity index is 2840. The van der Waals surface area contributed by atoms with Gasteiger partial charge in [-0.25, -0.2) is 15.0 Å². The lowest BCUT2D eigenvalue weighted by molar-refractivity contribution is 0.668. The third kappa shape index (κ3) is 4.65. The molecule has 0 aliphatic rings. The molecule has 6 heteroatoms. The summed E-state index contributed by atoms with van der Waals surface area (Å²) in [6.07, 6.45) is 1.84. The zero-order valence-corrected chi connectivity index (χ0v) is 26.7. The van der Waals surface area contributed by atoms with Crippen molar-refractivity contribution in [1.82, 2.24) is 24.5 Å². The van der Waals surface area contributed by atoms with Gasteiger partial charge in [0.2, 0.25) is 0 Å². The number of para-hydroxylation sites is 3. The second-order valence-corrected chi connectivity index (χ2v) is 12.3. The number of hydrogen-bond donors (Lipinski definition) is 0. The smallest absolute Gasteiger partial charge is 0.182 e. The molecule has 0 bridgehead atoms. The average Bonchev–Trinajstić information content (AvgIpc) is 3.74. The van der Waals surface area contributed by atoms with E-state index in [4.69, 9.17) is 24.4 Å². The second-order valence-electron chi connectivity index (χ2n) is 12.3. The molecule has 4 heterocycles. The van der Waals surface area contributed by atoms with E-state index >= 15 is 0 Å². The maximum absolute atomic E-state index is 6.18. The van der Waals surface area contributed by atoms with Gasteiger partial charge in [0.15, 0.2) is 17.5 Å². The van der Waals surface area contributed by atoms with Crippen molar-refractivity contribution in [3.05, 3.63) is 164 Å². The van der Waals surface area contributed by atoms with Gasteiger partial charge in [-0.3, -0.25) is 4.98 Å². The Morgan fingerprint density at radius 2 is 0.980 bits per heavy atom. The van der Waals surface area contributed by atoms with E-state index in [-0.39, 0.29) is 0 Å². The molecule has 0 unspecified atom stereocenters. The average molecular weight is 642 g/mol. The summed E-state index contributed by atoms with van der Waals surface area (Å²) in [4.78, 5) is 19.7. The van der Waals surface area contributed by atoms with Crippen molar-refractivity contribution in [3.63, 3.8) is 0 Å². The second kappa shape index (κ2) is 11.4. The molecule has 0 radical (unpaired) electrons. The van der Waals surface area contributed by atoms with E-state index in [1.807, 2.05) is 72.9 Å². The Hall–Kier alpha value is -6.92. The van der Waals surface area contributed by atoms with E-state index in [2.05, 4.69) is 95.6 Å².